The normalized spacial score (nSPS) is 12.7. The Balaban J connectivity index is 1.98. The molecule has 1 aromatic heterocycles. The molecule has 0 spiro atoms. The van der Waals surface area contributed by atoms with E-state index in [2.05, 4.69) is 45.3 Å². The molecule has 0 aliphatic carbocycles. The average Bonchev–Trinajstić information content (AvgIpc) is 2.66. The third-order valence-corrected chi connectivity index (χ3v) is 3.47. The van der Waals surface area contributed by atoms with E-state index in [9.17, 15) is 0 Å². The average molecular weight is 309 g/mol. The zero-order valence-electron chi connectivity index (χ0n) is 10.8. The number of rotatable bonds is 4. The fourth-order valence-corrected chi connectivity index (χ4v) is 2.17. The zero-order chi connectivity index (χ0) is 13.1. The highest BCUT2D eigenvalue weighted by atomic mass is 79.9. The monoisotopic (exact) mass is 308 g/mol. The molecule has 0 saturated carbocycles. The first-order valence-electron chi connectivity index (χ1n) is 5.98. The van der Waals surface area contributed by atoms with Crippen LogP contribution in [-0.2, 0) is 6.54 Å². The van der Waals surface area contributed by atoms with Crippen LogP contribution in [0.5, 0.6) is 0 Å². The van der Waals surface area contributed by atoms with Crippen molar-refractivity contribution in [2.75, 3.05) is 0 Å². The number of nitrogens with one attached hydrogen (secondary N) is 1. The van der Waals surface area contributed by atoms with E-state index in [0.29, 0.717) is 6.54 Å². The summed E-state index contributed by atoms with van der Waals surface area (Å²) in [7, 11) is 0. The lowest BCUT2D eigenvalue weighted by Gasteiger charge is -2.13. The van der Waals surface area contributed by atoms with E-state index in [1.165, 1.54) is 5.56 Å². The van der Waals surface area contributed by atoms with Gasteiger partial charge < -0.3 is 9.73 Å². The van der Waals surface area contributed by atoms with Crippen LogP contribution in [0, 0.1) is 13.8 Å². The van der Waals surface area contributed by atoms with E-state index in [4.69, 9.17) is 4.42 Å². The van der Waals surface area contributed by atoms with Gasteiger partial charge in [-0.2, -0.15) is 0 Å². The van der Waals surface area contributed by atoms with Crippen molar-refractivity contribution in [3.05, 3.63) is 51.6 Å². The number of oxazole rings is 1. The number of aryl methyl sites for hydroxylation is 2. The third kappa shape index (κ3) is 3.21. The van der Waals surface area contributed by atoms with Crippen LogP contribution in [0.15, 0.2) is 33.2 Å². The van der Waals surface area contributed by atoms with Crippen LogP contribution in [0.1, 0.15) is 35.9 Å². The minimum absolute atomic E-state index is 0.259. The van der Waals surface area contributed by atoms with Gasteiger partial charge in [-0.05, 0) is 38.5 Å². The molecule has 0 bridgehead atoms. The van der Waals surface area contributed by atoms with Gasteiger partial charge in [-0.15, -0.1) is 0 Å². The zero-order valence-corrected chi connectivity index (χ0v) is 12.4. The Hall–Kier alpha value is -1.13. The summed E-state index contributed by atoms with van der Waals surface area (Å²) in [6, 6.07) is 8.54. The smallest absolute Gasteiger partial charge is 0.208 e. The van der Waals surface area contributed by atoms with Crippen molar-refractivity contribution in [2.24, 2.45) is 0 Å². The summed E-state index contributed by atoms with van der Waals surface area (Å²) in [6.07, 6.45) is 0. The molecule has 0 saturated heterocycles. The van der Waals surface area contributed by atoms with Crippen LogP contribution in [0.3, 0.4) is 0 Å². The molecule has 1 heterocycles. The summed E-state index contributed by atoms with van der Waals surface area (Å²) >= 11 is 3.48. The standard InChI is InChI=1S/C14H17BrN2O/c1-9-11(3)18-14(17-9)8-16-10(2)12-5-4-6-13(15)7-12/h4-7,10,16H,8H2,1-3H3/t10-/m1/s1. The van der Waals surface area contributed by atoms with Gasteiger partial charge in [0.1, 0.15) is 5.76 Å². The van der Waals surface area contributed by atoms with E-state index >= 15 is 0 Å². The number of aromatic nitrogens is 1. The molecule has 1 aromatic carbocycles. The minimum atomic E-state index is 0.259. The lowest BCUT2D eigenvalue weighted by Crippen LogP contribution is -2.18. The maximum Gasteiger partial charge on any atom is 0.208 e. The van der Waals surface area contributed by atoms with Gasteiger partial charge in [-0.1, -0.05) is 28.1 Å². The molecular formula is C14H17BrN2O. The van der Waals surface area contributed by atoms with Crippen LogP contribution in [0.2, 0.25) is 0 Å². The molecule has 0 aliphatic heterocycles. The van der Waals surface area contributed by atoms with E-state index in [-0.39, 0.29) is 6.04 Å². The molecule has 0 unspecified atom stereocenters. The second kappa shape index (κ2) is 5.67. The van der Waals surface area contributed by atoms with Gasteiger partial charge in [-0.25, -0.2) is 4.98 Å². The van der Waals surface area contributed by atoms with Gasteiger partial charge in [-0.3, -0.25) is 0 Å². The Kier molecular flexibility index (Phi) is 4.19. The first-order valence-corrected chi connectivity index (χ1v) is 6.77. The molecule has 0 amide bonds. The number of halogens is 1. The second-order valence-electron chi connectivity index (χ2n) is 4.41. The van der Waals surface area contributed by atoms with Crippen molar-refractivity contribution >= 4 is 15.9 Å². The first-order chi connectivity index (χ1) is 8.56. The van der Waals surface area contributed by atoms with Gasteiger partial charge in [0, 0.05) is 10.5 Å². The van der Waals surface area contributed by atoms with Crippen molar-refractivity contribution in [1.82, 2.24) is 10.3 Å². The Labute approximate surface area is 116 Å². The molecule has 1 atom stereocenters. The van der Waals surface area contributed by atoms with Gasteiger partial charge in [0.2, 0.25) is 5.89 Å². The Morgan fingerprint density at radius 3 is 2.78 bits per heavy atom. The van der Waals surface area contributed by atoms with Gasteiger partial charge in [0.15, 0.2) is 0 Å². The Morgan fingerprint density at radius 2 is 2.17 bits per heavy atom. The van der Waals surface area contributed by atoms with E-state index in [0.717, 1.165) is 21.8 Å². The van der Waals surface area contributed by atoms with Crippen molar-refractivity contribution < 1.29 is 4.42 Å². The summed E-state index contributed by atoms with van der Waals surface area (Å²) in [5, 5.41) is 3.41. The number of benzene rings is 1. The fraction of sp³-hybridized carbons (Fsp3) is 0.357. The lowest BCUT2D eigenvalue weighted by atomic mass is 10.1. The molecule has 96 valence electrons. The molecule has 0 fully saturated rings. The molecule has 1 N–H and O–H groups in total. The van der Waals surface area contributed by atoms with Crippen molar-refractivity contribution in [3.8, 4) is 0 Å². The Morgan fingerprint density at radius 1 is 1.39 bits per heavy atom. The highest BCUT2D eigenvalue weighted by Gasteiger charge is 2.09. The van der Waals surface area contributed by atoms with Crippen molar-refractivity contribution in [2.45, 2.75) is 33.4 Å². The summed E-state index contributed by atoms with van der Waals surface area (Å²) in [6.45, 7) is 6.66. The first kappa shape index (κ1) is 13.3. The summed E-state index contributed by atoms with van der Waals surface area (Å²) in [4.78, 5) is 4.35. The molecule has 0 radical (unpaired) electrons. The van der Waals surface area contributed by atoms with Gasteiger partial charge >= 0.3 is 0 Å². The second-order valence-corrected chi connectivity index (χ2v) is 5.32. The highest BCUT2D eigenvalue weighted by Crippen LogP contribution is 2.18. The van der Waals surface area contributed by atoms with Crippen LogP contribution < -0.4 is 5.32 Å². The van der Waals surface area contributed by atoms with E-state index in [1.807, 2.05) is 26.0 Å². The molecule has 4 heteroatoms. The van der Waals surface area contributed by atoms with Gasteiger partial charge in [0.05, 0.1) is 12.2 Å². The lowest BCUT2D eigenvalue weighted by molar-refractivity contribution is 0.432. The fourth-order valence-electron chi connectivity index (χ4n) is 1.75. The van der Waals surface area contributed by atoms with E-state index < -0.39 is 0 Å². The molecule has 3 nitrogen and oxygen atoms in total. The quantitative estimate of drug-likeness (QED) is 0.930. The van der Waals surface area contributed by atoms with Crippen molar-refractivity contribution in [3.63, 3.8) is 0 Å². The van der Waals surface area contributed by atoms with Crippen molar-refractivity contribution in [1.29, 1.82) is 0 Å². The Bertz CT molecular complexity index is 517. The predicted molar refractivity (Wildman–Crippen MR) is 75.4 cm³/mol. The minimum Gasteiger partial charge on any atom is -0.444 e. The largest absolute Gasteiger partial charge is 0.444 e. The summed E-state index contributed by atoms with van der Waals surface area (Å²) in [5.41, 5.74) is 2.20. The number of nitrogens with zero attached hydrogens (tertiary/aromatic N) is 1. The van der Waals surface area contributed by atoms with Crippen LogP contribution in [0.4, 0.5) is 0 Å². The summed E-state index contributed by atoms with van der Waals surface area (Å²) < 4.78 is 6.64. The highest BCUT2D eigenvalue weighted by molar-refractivity contribution is 9.10. The summed E-state index contributed by atoms with van der Waals surface area (Å²) in [5.74, 6) is 1.63. The van der Waals surface area contributed by atoms with Crippen LogP contribution >= 0.6 is 15.9 Å². The van der Waals surface area contributed by atoms with Crippen LogP contribution in [0.25, 0.3) is 0 Å². The van der Waals surface area contributed by atoms with E-state index in [1.54, 1.807) is 0 Å². The maximum atomic E-state index is 5.54. The molecule has 18 heavy (non-hydrogen) atoms. The molecular weight excluding hydrogens is 292 g/mol. The third-order valence-electron chi connectivity index (χ3n) is 2.98. The molecule has 2 aromatic rings. The number of hydrogen-bond acceptors (Lipinski definition) is 3. The predicted octanol–water partition coefficient (Wildman–Crippen LogP) is 3.90. The topological polar surface area (TPSA) is 38.1 Å². The number of hydrogen-bond donors (Lipinski definition) is 1. The SMILES string of the molecule is Cc1nc(CN[C@H](C)c2cccc(Br)c2)oc1C. The maximum absolute atomic E-state index is 5.54. The van der Waals surface area contributed by atoms with Gasteiger partial charge in [0.25, 0.3) is 0 Å². The molecule has 2 rings (SSSR count). The molecule has 0 aliphatic rings. The van der Waals surface area contributed by atoms with Crippen LogP contribution in [-0.4, -0.2) is 4.98 Å².